The van der Waals surface area contributed by atoms with Crippen LogP contribution in [0.25, 0.3) is 0 Å². The van der Waals surface area contributed by atoms with E-state index in [1.807, 2.05) is 0 Å². The average Bonchev–Trinajstić information content (AvgIpc) is 2.15. The Bertz CT molecular complexity index is 314. The van der Waals surface area contributed by atoms with E-state index in [1.165, 1.54) is 12.3 Å². The number of rotatable bonds is 2. The van der Waals surface area contributed by atoms with Gasteiger partial charge in [-0.25, -0.2) is 0 Å². The van der Waals surface area contributed by atoms with Gasteiger partial charge in [0.1, 0.15) is 0 Å². The summed E-state index contributed by atoms with van der Waals surface area (Å²) in [5, 5.41) is 8.65. The molecule has 0 radical (unpaired) electrons. The number of aliphatic hydroxyl groups is 1. The van der Waals surface area contributed by atoms with Gasteiger partial charge in [0.05, 0.1) is 23.9 Å². The molecule has 0 bridgehead atoms. The topological polar surface area (TPSA) is 59.1 Å². The summed E-state index contributed by atoms with van der Waals surface area (Å²) < 4.78 is 37.1. The fraction of sp³-hybridized carbons (Fsp3) is 0.375. The molecule has 0 aliphatic rings. The standard InChI is InChI=1S/C8H9F3N2O/c9-8(10,11)5-2-1-3-13-7(5)6(12)4-14/h1-3,6,14H,4,12H2/t6-/m0/s1. The summed E-state index contributed by atoms with van der Waals surface area (Å²) in [5.74, 6) is 0. The summed E-state index contributed by atoms with van der Waals surface area (Å²) in [5.41, 5.74) is 4.05. The van der Waals surface area contributed by atoms with Gasteiger partial charge in [-0.15, -0.1) is 0 Å². The first-order chi connectivity index (χ1) is 6.46. The number of pyridine rings is 1. The molecule has 0 aliphatic heterocycles. The van der Waals surface area contributed by atoms with Gasteiger partial charge in [-0.05, 0) is 12.1 Å². The van der Waals surface area contributed by atoms with Crippen molar-refractivity contribution in [1.29, 1.82) is 0 Å². The molecule has 1 atom stereocenters. The summed E-state index contributed by atoms with van der Waals surface area (Å²) in [6.07, 6.45) is -3.28. The number of nitrogens with zero attached hydrogens (tertiary/aromatic N) is 1. The van der Waals surface area contributed by atoms with Crippen LogP contribution in [0.3, 0.4) is 0 Å². The average molecular weight is 206 g/mol. The quantitative estimate of drug-likeness (QED) is 0.761. The lowest BCUT2D eigenvalue weighted by Crippen LogP contribution is -2.21. The molecule has 3 nitrogen and oxygen atoms in total. The van der Waals surface area contributed by atoms with Crippen LogP contribution in [0.15, 0.2) is 18.3 Å². The van der Waals surface area contributed by atoms with Gasteiger partial charge in [0.25, 0.3) is 0 Å². The van der Waals surface area contributed by atoms with E-state index in [0.717, 1.165) is 6.07 Å². The number of hydrogen-bond acceptors (Lipinski definition) is 3. The van der Waals surface area contributed by atoms with Crippen LogP contribution in [-0.2, 0) is 6.18 Å². The number of alkyl halides is 3. The minimum atomic E-state index is -4.49. The number of aromatic nitrogens is 1. The van der Waals surface area contributed by atoms with Gasteiger partial charge in [-0.3, -0.25) is 4.98 Å². The third-order valence-corrected chi connectivity index (χ3v) is 1.69. The Morgan fingerprint density at radius 3 is 2.64 bits per heavy atom. The number of hydrogen-bond donors (Lipinski definition) is 2. The van der Waals surface area contributed by atoms with Crippen molar-refractivity contribution in [1.82, 2.24) is 4.98 Å². The predicted molar refractivity (Wildman–Crippen MR) is 43.3 cm³/mol. The first-order valence-corrected chi connectivity index (χ1v) is 3.85. The van der Waals surface area contributed by atoms with Crippen molar-refractivity contribution >= 4 is 0 Å². The molecule has 6 heteroatoms. The molecule has 1 heterocycles. The van der Waals surface area contributed by atoms with E-state index < -0.39 is 24.4 Å². The maximum absolute atomic E-state index is 12.4. The van der Waals surface area contributed by atoms with E-state index in [-0.39, 0.29) is 5.69 Å². The number of aliphatic hydroxyl groups excluding tert-OH is 1. The third-order valence-electron chi connectivity index (χ3n) is 1.69. The highest BCUT2D eigenvalue weighted by Crippen LogP contribution is 2.32. The van der Waals surface area contributed by atoms with E-state index in [1.54, 1.807) is 0 Å². The van der Waals surface area contributed by atoms with Crippen molar-refractivity contribution in [2.24, 2.45) is 5.73 Å². The zero-order valence-corrected chi connectivity index (χ0v) is 7.12. The van der Waals surface area contributed by atoms with Crippen LogP contribution < -0.4 is 5.73 Å². The molecule has 0 spiro atoms. The van der Waals surface area contributed by atoms with Crippen molar-refractivity contribution in [3.8, 4) is 0 Å². The van der Waals surface area contributed by atoms with Crippen LogP contribution in [0.4, 0.5) is 13.2 Å². The molecule has 3 N–H and O–H groups in total. The molecule has 1 aromatic heterocycles. The molecule has 78 valence electrons. The van der Waals surface area contributed by atoms with Crippen molar-refractivity contribution in [2.45, 2.75) is 12.2 Å². The molecule has 0 saturated carbocycles. The van der Waals surface area contributed by atoms with Crippen molar-refractivity contribution in [2.75, 3.05) is 6.61 Å². The zero-order valence-electron chi connectivity index (χ0n) is 7.12. The third kappa shape index (κ3) is 2.21. The second-order valence-electron chi connectivity index (χ2n) is 2.72. The predicted octanol–water partition coefficient (Wildman–Crippen LogP) is 1.09. The lowest BCUT2D eigenvalue weighted by atomic mass is 10.1. The van der Waals surface area contributed by atoms with E-state index in [2.05, 4.69) is 4.98 Å². The highest BCUT2D eigenvalue weighted by Gasteiger charge is 2.35. The lowest BCUT2D eigenvalue weighted by Gasteiger charge is -2.14. The molecule has 1 aromatic rings. The summed E-state index contributed by atoms with van der Waals surface area (Å²) in [6.45, 7) is -0.569. The highest BCUT2D eigenvalue weighted by atomic mass is 19.4. The van der Waals surface area contributed by atoms with Crippen LogP contribution >= 0.6 is 0 Å². The normalized spacial score (nSPS) is 14.1. The fourth-order valence-corrected chi connectivity index (χ4v) is 1.04. The Hall–Kier alpha value is -1.14. The van der Waals surface area contributed by atoms with Gasteiger partial charge in [-0.2, -0.15) is 13.2 Å². The van der Waals surface area contributed by atoms with Gasteiger partial charge in [0, 0.05) is 6.20 Å². The number of halogens is 3. The smallest absolute Gasteiger partial charge is 0.394 e. The fourth-order valence-electron chi connectivity index (χ4n) is 1.04. The molecule has 14 heavy (non-hydrogen) atoms. The van der Waals surface area contributed by atoms with Gasteiger partial charge >= 0.3 is 6.18 Å². The first-order valence-electron chi connectivity index (χ1n) is 3.85. The van der Waals surface area contributed by atoms with Gasteiger partial charge < -0.3 is 10.8 Å². The van der Waals surface area contributed by atoms with Crippen LogP contribution in [0.2, 0.25) is 0 Å². The van der Waals surface area contributed by atoms with Crippen LogP contribution in [0.1, 0.15) is 17.3 Å². The minimum Gasteiger partial charge on any atom is -0.394 e. The van der Waals surface area contributed by atoms with E-state index >= 15 is 0 Å². The largest absolute Gasteiger partial charge is 0.418 e. The monoisotopic (exact) mass is 206 g/mol. The molecule has 0 aromatic carbocycles. The Balaban J connectivity index is 3.16. The van der Waals surface area contributed by atoms with Crippen LogP contribution in [0.5, 0.6) is 0 Å². The summed E-state index contributed by atoms with van der Waals surface area (Å²) in [6, 6.07) is 0.960. The van der Waals surface area contributed by atoms with E-state index in [9.17, 15) is 13.2 Å². The molecule has 0 fully saturated rings. The molecular formula is C8H9F3N2O. The molecule has 0 aliphatic carbocycles. The zero-order chi connectivity index (χ0) is 10.8. The van der Waals surface area contributed by atoms with Crippen LogP contribution in [0, 0.1) is 0 Å². The first kappa shape index (κ1) is 10.9. The molecule has 0 unspecified atom stereocenters. The highest BCUT2D eigenvalue weighted by molar-refractivity contribution is 5.25. The molecular weight excluding hydrogens is 197 g/mol. The Kier molecular flexibility index (Phi) is 3.07. The van der Waals surface area contributed by atoms with Gasteiger partial charge in [0.15, 0.2) is 0 Å². The maximum atomic E-state index is 12.4. The SMILES string of the molecule is N[C@@H](CO)c1ncccc1C(F)(F)F. The van der Waals surface area contributed by atoms with Gasteiger partial charge in [0.2, 0.25) is 0 Å². The van der Waals surface area contributed by atoms with E-state index in [0.29, 0.717) is 0 Å². The maximum Gasteiger partial charge on any atom is 0.418 e. The Morgan fingerprint density at radius 1 is 1.50 bits per heavy atom. The Morgan fingerprint density at radius 2 is 2.14 bits per heavy atom. The van der Waals surface area contributed by atoms with Crippen molar-refractivity contribution < 1.29 is 18.3 Å². The summed E-state index contributed by atoms with van der Waals surface area (Å²) in [4.78, 5) is 3.51. The van der Waals surface area contributed by atoms with Crippen molar-refractivity contribution in [3.63, 3.8) is 0 Å². The summed E-state index contributed by atoms with van der Waals surface area (Å²) >= 11 is 0. The molecule has 0 amide bonds. The lowest BCUT2D eigenvalue weighted by molar-refractivity contribution is -0.138. The molecule has 0 saturated heterocycles. The molecule has 1 rings (SSSR count). The minimum absolute atomic E-state index is 0.331. The Labute approximate surface area is 78.4 Å². The van der Waals surface area contributed by atoms with Crippen LogP contribution in [-0.4, -0.2) is 16.7 Å². The second kappa shape index (κ2) is 3.93. The second-order valence-corrected chi connectivity index (χ2v) is 2.72. The number of nitrogens with two attached hydrogens (primary N) is 1. The van der Waals surface area contributed by atoms with Crippen molar-refractivity contribution in [3.05, 3.63) is 29.6 Å². The van der Waals surface area contributed by atoms with E-state index in [4.69, 9.17) is 10.8 Å². The summed E-state index contributed by atoms with van der Waals surface area (Å²) in [7, 11) is 0. The van der Waals surface area contributed by atoms with Gasteiger partial charge in [-0.1, -0.05) is 0 Å².